The smallest absolute Gasteiger partial charge is 0.326 e. The van der Waals surface area contributed by atoms with E-state index < -0.39 is 50.8 Å². The van der Waals surface area contributed by atoms with Crippen LogP contribution < -0.4 is 16.8 Å². The van der Waals surface area contributed by atoms with Gasteiger partial charge in [-0.3, -0.25) is 20.3 Å². The zero-order valence-electron chi connectivity index (χ0n) is 25.6. The second-order valence-electron chi connectivity index (χ2n) is 12.3. The molecule has 0 bridgehead atoms. The number of nitrogens with two attached hydrogens (primary N) is 2. The highest BCUT2D eigenvalue weighted by Gasteiger charge is 2.54. The maximum atomic E-state index is 14.8. The minimum Gasteiger partial charge on any atom is -0.459 e. The lowest BCUT2D eigenvalue weighted by Gasteiger charge is -2.47. The van der Waals surface area contributed by atoms with Crippen LogP contribution in [-0.4, -0.2) is 60.3 Å². The van der Waals surface area contributed by atoms with Gasteiger partial charge in [-0.15, -0.1) is 24.0 Å². The number of rotatable bonds is 9. The Morgan fingerprint density at radius 1 is 1.02 bits per heavy atom. The molecule has 1 unspecified atom stereocenters. The number of piperidine rings is 1. The molecule has 1 aliphatic rings. The SMILES string of the molecule is CC(C)(C)OC(=O)CN(C(=O)[C@@](N)(Cc1cccc(C(=N)N)c1)S(=O)(=O)c1ccc2ccccc2c1)C1(C)CCCCN1.I. The molecule has 4 rings (SSSR count). The van der Waals surface area contributed by atoms with Gasteiger partial charge in [-0.1, -0.05) is 48.5 Å². The van der Waals surface area contributed by atoms with Crippen LogP contribution in [0.5, 0.6) is 0 Å². The van der Waals surface area contributed by atoms with E-state index in [1.807, 2.05) is 12.1 Å². The second-order valence-corrected chi connectivity index (χ2v) is 14.5. The van der Waals surface area contributed by atoms with E-state index in [9.17, 15) is 18.0 Å². The third-order valence-electron chi connectivity index (χ3n) is 7.72. The number of amidine groups is 1. The van der Waals surface area contributed by atoms with Gasteiger partial charge in [0.15, 0.2) is 0 Å². The molecule has 238 valence electrons. The van der Waals surface area contributed by atoms with E-state index in [4.69, 9.17) is 21.6 Å². The Morgan fingerprint density at radius 3 is 2.32 bits per heavy atom. The number of hydrogen-bond acceptors (Lipinski definition) is 8. The molecule has 44 heavy (non-hydrogen) atoms. The number of carbonyl (C=O) groups excluding carboxylic acids is 2. The Morgan fingerprint density at radius 2 is 1.70 bits per heavy atom. The first-order valence-corrected chi connectivity index (χ1v) is 15.8. The van der Waals surface area contributed by atoms with Crippen LogP contribution in [0.15, 0.2) is 71.6 Å². The average molecular weight is 736 g/mol. The fourth-order valence-corrected chi connectivity index (χ4v) is 7.10. The predicted molar refractivity (Wildman–Crippen MR) is 182 cm³/mol. The molecule has 0 saturated carbocycles. The number of nitrogens with zero attached hydrogens (tertiary/aromatic N) is 1. The molecule has 1 aliphatic heterocycles. The van der Waals surface area contributed by atoms with Crippen molar-refractivity contribution in [2.75, 3.05) is 13.1 Å². The van der Waals surface area contributed by atoms with Crippen LogP contribution in [-0.2, 0) is 30.6 Å². The first-order chi connectivity index (χ1) is 20.1. The molecule has 3 aromatic carbocycles. The number of carbonyl (C=O) groups is 2. The Labute approximate surface area is 276 Å². The van der Waals surface area contributed by atoms with E-state index in [0.29, 0.717) is 29.5 Å². The first kappa shape index (κ1) is 35.4. The lowest BCUT2D eigenvalue weighted by atomic mass is 9.95. The molecular weight excluding hydrogens is 693 g/mol. The van der Waals surface area contributed by atoms with E-state index in [2.05, 4.69) is 5.32 Å². The van der Waals surface area contributed by atoms with Crippen molar-refractivity contribution in [2.24, 2.45) is 11.5 Å². The second kappa shape index (κ2) is 13.5. The van der Waals surface area contributed by atoms with Gasteiger partial charge in [-0.2, -0.15) is 0 Å². The zero-order valence-corrected chi connectivity index (χ0v) is 28.7. The van der Waals surface area contributed by atoms with Crippen molar-refractivity contribution < 1.29 is 22.7 Å². The molecule has 10 nitrogen and oxygen atoms in total. The summed E-state index contributed by atoms with van der Waals surface area (Å²) in [7, 11) is -4.58. The molecule has 1 fully saturated rings. The minimum atomic E-state index is -4.58. The monoisotopic (exact) mass is 735 g/mol. The van der Waals surface area contributed by atoms with Crippen molar-refractivity contribution in [1.82, 2.24) is 10.2 Å². The van der Waals surface area contributed by atoms with Crippen molar-refractivity contribution in [3.63, 3.8) is 0 Å². The van der Waals surface area contributed by atoms with Crippen LogP contribution in [0.4, 0.5) is 0 Å². The van der Waals surface area contributed by atoms with Crippen LogP contribution in [0.2, 0.25) is 0 Å². The molecule has 0 aromatic heterocycles. The summed E-state index contributed by atoms with van der Waals surface area (Å²) >= 11 is 0. The van der Waals surface area contributed by atoms with Gasteiger partial charge in [0.1, 0.15) is 18.0 Å². The summed E-state index contributed by atoms with van der Waals surface area (Å²) in [6, 6.07) is 18.3. The maximum Gasteiger partial charge on any atom is 0.326 e. The predicted octanol–water partition coefficient (Wildman–Crippen LogP) is 4.07. The Kier molecular flexibility index (Phi) is 10.9. The number of benzene rings is 3. The summed E-state index contributed by atoms with van der Waals surface area (Å²) in [4.78, 5) is 26.5. The fraction of sp³-hybridized carbons (Fsp3) is 0.406. The summed E-state index contributed by atoms with van der Waals surface area (Å²) in [5, 5.41) is 12.7. The highest BCUT2D eigenvalue weighted by Crippen LogP contribution is 2.33. The van der Waals surface area contributed by atoms with Crippen molar-refractivity contribution in [1.29, 1.82) is 5.41 Å². The standard InChI is InChI=1S/C32H41N5O5S.HI/c1-30(2,3)42-27(38)21-37(31(4)16-7-8-17-36-31)29(39)32(35,20-22-10-9-13-25(18-22)28(33)34)43(40,41)26-15-14-23-11-5-6-12-24(23)19-26;/h5-6,9-15,18-19,36H,7-8,16-17,20-21,35H2,1-4H3,(H3,33,34);1H/t31?,32-;/m1./s1. The van der Waals surface area contributed by atoms with Crippen LogP contribution in [0.1, 0.15) is 58.1 Å². The van der Waals surface area contributed by atoms with Gasteiger partial charge in [0, 0.05) is 12.0 Å². The van der Waals surface area contributed by atoms with Gasteiger partial charge < -0.3 is 21.1 Å². The third kappa shape index (κ3) is 7.59. The number of fused-ring (bicyclic) bond motifs is 1. The van der Waals surface area contributed by atoms with E-state index >= 15 is 0 Å². The number of nitrogens with one attached hydrogen (secondary N) is 2. The van der Waals surface area contributed by atoms with E-state index in [-0.39, 0.29) is 34.7 Å². The first-order valence-electron chi connectivity index (χ1n) is 14.3. The zero-order chi connectivity index (χ0) is 31.6. The van der Waals surface area contributed by atoms with Crippen molar-refractivity contribution >= 4 is 62.3 Å². The Hall–Kier alpha value is -3.07. The van der Waals surface area contributed by atoms with Crippen LogP contribution in [0.25, 0.3) is 10.8 Å². The van der Waals surface area contributed by atoms with Gasteiger partial charge in [0.2, 0.25) is 14.7 Å². The molecule has 0 spiro atoms. The number of esters is 1. The van der Waals surface area contributed by atoms with Gasteiger partial charge in [0.25, 0.3) is 5.91 Å². The van der Waals surface area contributed by atoms with Gasteiger partial charge in [-0.05, 0) is 88.0 Å². The largest absolute Gasteiger partial charge is 0.459 e. The van der Waals surface area contributed by atoms with Crippen LogP contribution in [0.3, 0.4) is 0 Å². The summed E-state index contributed by atoms with van der Waals surface area (Å²) in [5.74, 6) is -1.83. The van der Waals surface area contributed by atoms with Crippen LogP contribution >= 0.6 is 24.0 Å². The highest BCUT2D eigenvalue weighted by atomic mass is 127. The number of halogens is 1. The van der Waals surface area contributed by atoms with Gasteiger partial charge in [-0.25, -0.2) is 8.42 Å². The fourth-order valence-electron chi connectivity index (χ4n) is 5.45. The molecular formula is C32H42IN5O5S. The number of ether oxygens (including phenoxy) is 1. The normalized spacial score (nSPS) is 18.5. The van der Waals surface area contributed by atoms with Crippen molar-refractivity contribution in [3.8, 4) is 0 Å². The number of amides is 1. The topological polar surface area (TPSA) is 169 Å². The molecule has 0 radical (unpaired) electrons. The summed E-state index contributed by atoms with van der Waals surface area (Å²) in [6.07, 6.45) is 1.68. The maximum absolute atomic E-state index is 14.8. The molecule has 1 saturated heterocycles. The molecule has 12 heteroatoms. The van der Waals surface area contributed by atoms with Crippen molar-refractivity contribution in [2.45, 2.75) is 74.4 Å². The Balaban J connectivity index is 0.00000529. The van der Waals surface area contributed by atoms with E-state index in [1.165, 1.54) is 17.0 Å². The lowest BCUT2D eigenvalue weighted by Crippen LogP contribution is -2.70. The van der Waals surface area contributed by atoms with Gasteiger partial charge in [0.05, 0.1) is 10.6 Å². The molecule has 3 aromatic rings. The molecule has 6 N–H and O–H groups in total. The molecule has 1 heterocycles. The molecule has 1 amide bonds. The lowest BCUT2D eigenvalue weighted by molar-refractivity contribution is -0.164. The quantitative estimate of drug-likeness (QED) is 0.110. The summed E-state index contributed by atoms with van der Waals surface area (Å²) < 4.78 is 34.7. The number of hydrogen-bond donors (Lipinski definition) is 4. The summed E-state index contributed by atoms with van der Waals surface area (Å²) in [5.41, 5.74) is 11.5. The van der Waals surface area contributed by atoms with E-state index in [1.54, 1.807) is 70.2 Å². The minimum absolute atomic E-state index is 0. The summed E-state index contributed by atoms with van der Waals surface area (Å²) in [6.45, 7) is 7.00. The highest BCUT2D eigenvalue weighted by molar-refractivity contribution is 14.0. The van der Waals surface area contributed by atoms with E-state index in [0.717, 1.165) is 18.2 Å². The number of sulfone groups is 1. The average Bonchev–Trinajstić information content (AvgIpc) is 2.94. The van der Waals surface area contributed by atoms with Crippen molar-refractivity contribution in [3.05, 3.63) is 77.9 Å². The Bertz CT molecular complexity index is 1650. The molecule has 2 atom stereocenters. The van der Waals surface area contributed by atoms with Gasteiger partial charge >= 0.3 is 5.97 Å². The molecule has 0 aliphatic carbocycles. The van der Waals surface area contributed by atoms with Crippen LogP contribution in [0, 0.1) is 5.41 Å². The third-order valence-corrected chi connectivity index (χ3v) is 9.87. The number of nitrogen functional groups attached to an aromatic ring is 1.